The van der Waals surface area contributed by atoms with Crippen molar-refractivity contribution in [1.29, 1.82) is 0 Å². The maximum atomic E-state index is 13.1. The highest BCUT2D eigenvalue weighted by atomic mass is 32.2. The van der Waals surface area contributed by atoms with E-state index in [9.17, 15) is 13.2 Å². The molecule has 0 aliphatic heterocycles. The highest BCUT2D eigenvalue weighted by Crippen LogP contribution is 2.33. The second kappa shape index (κ2) is 9.88. The summed E-state index contributed by atoms with van der Waals surface area (Å²) in [5.41, 5.74) is 2.98. The third-order valence-corrected chi connectivity index (χ3v) is 8.35. The summed E-state index contributed by atoms with van der Waals surface area (Å²) in [7, 11) is -3.56. The topological polar surface area (TPSA) is 75.3 Å². The first-order valence-electron chi connectivity index (χ1n) is 10.9. The monoisotopic (exact) mass is 468 g/mol. The lowest BCUT2D eigenvalue weighted by Crippen LogP contribution is -2.40. The third kappa shape index (κ3) is 5.58. The Morgan fingerprint density at radius 2 is 1.78 bits per heavy atom. The molecule has 2 aromatic carbocycles. The van der Waals surface area contributed by atoms with Crippen molar-refractivity contribution >= 4 is 32.9 Å². The average Bonchev–Trinajstić information content (AvgIpc) is 3.30. The molecule has 0 atom stereocenters. The fraction of sp³-hybridized carbons (Fsp3) is 0.320. The standard InChI is InChI=1S/C25H28N2O3S2/c1-18-7-9-21(10-8-18)26-25(28)27-24-15-22(11-12-23(24)20-13-14-31-16-20)32(29,30)17-19-5-3-2-4-6-19/h2-6,11-16,18,21H,7-10,17H2,1H3,(H2,26,27,28). The highest BCUT2D eigenvalue weighted by molar-refractivity contribution is 7.90. The number of thiophene rings is 1. The predicted molar refractivity (Wildman–Crippen MR) is 131 cm³/mol. The van der Waals surface area contributed by atoms with Gasteiger partial charge in [-0.3, -0.25) is 0 Å². The van der Waals surface area contributed by atoms with Gasteiger partial charge in [0.15, 0.2) is 9.84 Å². The van der Waals surface area contributed by atoms with Gasteiger partial charge in [0.25, 0.3) is 0 Å². The van der Waals surface area contributed by atoms with Crippen LogP contribution >= 0.6 is 11.3 Å². The maximum Gasteiger partial charge on any atom is 0.319 e. The first-order chi connectivity index (χ1) is 15.4. The van der Waals surface area contributed by atoms with Crippen LogP contribution in [0.25, 0.3) is 11.1 Å². The fourth-order valence-electron chi connectivity index (χ4n) is 4.11. The van der Waals surface area contributed by atoms with E-state index in [-0.39, 0.29) is 22.7 Å². The molecule has 5 nitrogen and oxygen atoms in total. The number of rotatable bonds is 6. The highest BCUT2D eigenvalue weighted by Gasteiger charge is 2.22. The van der Waals surface area contributed by atoms with Crippen molar-refractivity contribution in [2.45, 2.75) is 49.3 Å². The van der Waals surface area contributed by atoms with Crippen molar-refractivity contribution in [3.05, 3.63) is 70.9 Å². The number of hydrogen-bond acceptors (Lipinski definition) is 4. The molecule has 1 aliphatic rings. The Labute approximate surface area is 193 Å². The van der Waals surface area contributed by atoms with E-state index in [1.54, 1.807) is 41.7 Å². The van der Waals surface area contributed by atoms with Gasteiger partial charge >= 0.3 is 6.03 Å². The van der Waals surface area contributed by atoms with Gasteiger partial charge in [-0.05, 0) is 71.7 Å². The Morgan fingerprint density at radius 3 is 2.47 bits per heavy atom. The Bertz CT molecular complexity index is 1150. The van der Waals surface area contributed by atoms with Gasteiger partial charge < -0.3 is 10.6 Å². The van der Waals surface area contributed by atoms with E-state index in [0.717, 1.165) is 42.4 Å². The third-order valence-electron chi connectivity index (χ3n) is 5.98. The second-order valence-electron chi connectivity index (χ2n) is 8.52. The van der Waals surface area contributed by atoms with Gasteiger partial charge in [0.1, 0.15) is 0 Å². The fourth-order valence-corrected chi connectivity index (χ4v) is 6.14. The van der Waals surface area contributed by atoms with E-state index in [2.05, 4.69) is 17.6 Å². The molecule has 1 fully saturated rings. The zero-order valence-electron chi connectivity index (χ0n) is 18.1. The van der Waals surface area contributed by atoms with Gasteiger partial charge in [0.05, 0.1) is 16.3 Å². The summed E-state index contributed by atoms with van der Waals surface area (Å²) in [5, 5.41) is 9.93. The Balaban J connectivity index is 1.58. The van der Waals surface area contributed by atoms with E-state index >= 15 is 0 Å². The summed E-state index contributed by atoms with van der Waals surface area (Å²) in [4.78, 5) is 13.0. The molecule has 0 radical (unpaired) electrons. The molecule has 4 rings (SSSR count). The number of benzene rings is 2. The second-order valence-corrected chi connectivity index (χ2v) is 11.3. The van der Waals surface area contributed by atoms with E-state index in [0.29, 0.717) is 11.6 Å². The van der Waals surface area contributed by atoms with E-state index in [1.165, 1.54) is 0 Å². The molecule has 32 heavy (non-hydrogen) atoms. The number of sulfone groups is 1. The number of anilines is 1. The van der Waals surface area contributed by atoms with Crippen LogP contribution in [0.15, 0.2) is 70.3 Å². The molecule has 3 aromatic rings. The number of nitrogens with one attached hydrogen (secondary N) is 2. The minimum atomic E-state index is -3.56. The molecule has 7 heteroatoms. The number of hydrogen-bond donors (Lipinski definition) is 2. The minimum absolute atomic E-state index is 0.0858. The van der Waals surface area contributed by atoms with Crippen LogP contribution in [-0.2, 0) is 15.6 Å². The summed E-state index contributed by atoms with van der Waals surface area (Å²) >= 11 is 1.56. The predicted octanol–water partition coefficient (Wildman–Crippen LogP) is 6.09. The first-order valence-corrected chi connectivity index (χ1v) is 13.5. The lowest BCUT2D eigenvalue weighted by Gasteiger charge is -2.27. The Hall–Kier alpha value is -2.64. The summed E-state index contributed by atoms with van der Waals surface area (Å²) in [6, 6.07) is 15.9. The van der Waals surface area contributed by atoms with Crippen molar-refractivity contribution in [3.63, 3.8) is 0 Å². The van der Waals surface area contributed by atoms with E-state index in [4.69, 9.17) is 0 Å². The van der Waals surface area contributed by atoms with Crippen molar-refractivity contribution in [1.82, 2.24) is 5.32 Å². The molecule has 1 heterocycles. The van der Waals surface area contributed by atoms with Crippen LogP contribution in [-0.4, -0.2) is 20.5 Å². The van der Waals surface area contributed by atoms with Crippen LogP contribution in [0.2, 0.25) is 0 Å². The van der Waals surface area contributed by atoms with Crippen LogP contribution in [0.3, 0.4) is 0 Å². The molecule has 1 aliphatic carbocycles. The lowest BCUT2D eigenvalue weighted by atomic mass is 9.87. The summed E-state index contributed by atoms with van der Waals surface area (Å²) in [6.07, 6.45) is 4.16. The molecule has 168 valence electrons. The van der Waals surface area contributed by atoms with Crippen LogP contribution in [0, 0.1) is 5.92 Å². The van der Waals surface area contributed by atoms with Gasteiger partial charge in [-0.25, -0.2) is 13.2 Å². The zero-order chi connectivity index (χ0) is 22.6. The Kier molecular flexibility index (Phi) is 6.96. The molecule has 1 aromatic heterocycles. The van der Waals surface area contributed by atoms with Gasteiger partial charge in [-0.15, -0.1) is 0 Å². The SMILES string of the molecule is CC1CCC(NC(=O)Nc2cc(S(=O)(=O)Cc3ccccc3)ccc2-c2ccsc2)CC1. The molecular formula is C25H28N2O3S2. The summed E-state index contributed by atoms with van der Waals surface area (Å²) in [6.45, 7) is 2.24. The molecule has 1 saturated carbocycles. The van der Waals surface area contributed by atoms with Crippen molar-refractivity contribution in [2.24, 2.45) is 5.92 Å². The maximum absolute atomic E-state index is 13.1. The normalized spacial score (nSPS) is 18.8. The van der Waals surface area contributed by atoms with Gasteiger partial charge in [0.2, 0.25) is 0 Å². The largest absolute Gasteiger partial charge is 0.335 e. The van der Waals surface area contributed by atoms with Crippen molar-refractivity contribution < 1.29 is 13.2 Å². The van der Waals surface area contributed by atoms with Crippen LogP contribution in [0.1, 0.15) is 38.2 Å². The quantitative estimate of drug-likeness (QED) is 0.460. The van der Waals surface area contributed by atoms with Crippen LogP contribution < -0.4 is 10.6 Å². The molecule has 2 N–H and O–H groups in total. The summed E-state index contributed by atoms with van der Waals surface area (Å²) < 4.78 is 26.1. The molecular weight excluding hydrogens is 440 g/mol. The molecule has 0 bridgehead atoms. The zero-order valence-corrected chi connectivity index (χ0v) is 19.7. The number of carbonyl (C=O) groups excluding carboxylic acids is 1. The Morgan fingerprint density at radius 1 is 1.03 bits per heavy atom. The lowest BCUT2D eigenvalue weighted by molar-refractivity contribution is 0.239. The van der Waals surface area contributed by atoms with Gasteiger partial charge in [0, 0.05) is 11.6 Å². The van der Waals surface area contributed by atoms with E-state index < -0.39 is 9.84 Å². The molecule has 2 amide bonds. The van der Waals surface area contributed by atoms with Crippen molar-refractivity contribution in [2.75, 3.05) is 5.32 Å². The molecule has 0 saturated heterocycles. The molecule has 0 unspecified atom stereocenters. The van der Waals surface area contributed by atoms with Crippen LogP contribution in [0.5, 0.6) is 0 Å². The first kappa shape index (κ1) is 22.6. The van der Waals surface area contributed by atoms with Crippen molar-refractivity contribution in [3.8, 4) is 11.1 Å². The van der Waals surface area contributed by atoms with Crippen LogP contribution in [0.4, 0.5) is 10.5 Å². The average molecular weight is 469 g/mol. The minimum Gasteiger partial charge on any atom is -0.335 e. The number of urea groups is 1. The smallest absolute Gasteiger partial charge is 0.319 e. The van der Waals surface area contributed by atoms with E-state index in [1.807, 2.05) is 35.0 Å². The number of carbonyl (C=O) groups is 1. The van der Waals surface area contributed by atoms with Gasteiger partial charge in [-0.1, -0.05) is 43.3 Å². The number of amides is 2. The van der Waals surface area contributed by atoms with Gasteiger partial charge in [-0.2, -0.15) is 11.3 Å². The summed E-state index contributed by atoms with van der Waals surface area (Å²) in [5.74, 6) is 0.616. The molecule has 0 spiro atoms.